The van der Waals surface area contributed by atoms with Crippen LogP contribution in [-0.4, -0.2) is 21.0 Å². The van der Waals surface area contributed by atoms with E-state index in [1.165, 1.54) is 23.5 Å². The van der Waals surface area contributed by atoms with E-state index in [-0.39, 0.29) is 5.69 Å². The van der Waals surface area contributed by atoms with Crippen molar-refractivity contribution in [2.45, 2.75) is 13.8 Å². The van der Waals surface area contributed by atoms with Gasteiger partial charge in [0.2, 0.25) is 0 Å². The van der Waals surface area contributed by atoms with E-state index in [1.807, 2.05) is 32.0 Å². The van der Waals surface area contributed by atoms with Gasteiger partial charge in [-0.2, -0.15) is 0 Å². The number of benzene rings is 1. The maximum atomic E-state index is 10.6. The van der Waals surface area contributed by atoms with E-state index in [0.29, 0.717) is 5.82 Å². The van der Waals surface area contributed by atoms with Crippen LogP contribution in [0.1, 0.15) is 21.6 Å². The highest BCUT2D eigenvalue weighted by molar-refractivity contribution is 5.85. The second-order valence-corrected chi connectivity index (χ2v) is 4.02. The standard InChI is InChI=1S/C13H13N3O2/c1-8-3-4-10(5-9(8)2)16-12-7-14-11(6-15-12)13(17)18/h3-7H,1-2H3,(H,15,16)(H,17,18). The Morgan fingerprint density at radius 2 is 1.94 bits per heavy atom. The molecular weight excluding hydrogens is 230 g/mol. The van der Waals surface area contributed by atoms with Gasteiger partial charge in [-0.3, -0.25) is 0 Å². The second-order valence-electron chi connectivity index (χ2n) is 4.02. The number of anilines is 2. The van der Waals surface area contributed by atoms with E-state index in [1.54, 1.807) is 0 Å². The molecule has 0 saturated carbocycles. The minimum Gasteiger partial charge on any atom is -0.476 e. The average molecular weight is 243 g/mol. The predicted molar refractivity (Wildman–Crippen MR) is 68.2 cm³/mol. The molecule has 5 nitrogen and oxygen atoms in total. The van der Waals surface area contributed by atoms with Crippen LogP contribution in [0.3, 0.4) is 0 Å². The summed E-state index contributed by atoms with van der Waals surface area (Å²) >= 11 is 0. The van der Waals surface area contributed by atoms with Gasteiger partial charge >= 0.3 is 5.97 Å². The Hall–Kier alpha value is -2.43. The molecule has 0 spiro atoms. The number of carboxylic acid groups (broad SMARTS) is 1. The summed E-state index contributed by atoms with van der Waals surface area (Å²) < 4.78 is 0. The van der Waals surface area contributed by atoms with Gasteiger partial charge in [-0.05, 0) is 37.1 Å². The van der Waals surface area contributed by atoms with E-state index in [9.17, 15) is 4.79 Å². The smallest absolute Gasteiger partial charge is 0.356 e. The molecule has 0 aliphatic carbocycles. The van der Waals surface area contributed by atoms with E-state index >= 15 is 0 Å². The first-order chi connectivity index (χ1) is 8.56. The maximum absolute atomic E-state index is 10.6. The summed E-state index contributed by atoms with van der Waals surface area (Å²) in [5, 5.41) is 11.8. The molecular formula is C13H13N3O2. The molecule has 0 amide bonds. The first-order valence-corrected chi connectivity index (χ1v) is 5.46. The zero-order valence-electron chi connectivity index (χ0n) is 10.1. The van der Waals surface area contributed by atoms with Crippen molar-refractivity contribution in [2.75, 3.05) is 5.32 Å². The lowest BCUT2D eigenvalue weighted by molar-refractivity contribution is 0.0690. The quantitative estimate of drug-likeness (QED) is 0.866. The second kappa shape index (κ2) is 4.83. The highest BCUT2D eigenvalue weighted by Gasteiger charge is 2.05. The fourth-order valence-electron chi connectivity index (χ4n) is 1.47. The maximum Gasteiger partial charge on any atom is 0.356 e. The zero-order chi connectivity index (χ0) is 13.1. The summed E-state index contributed by atoms with van der Waals surface area (Å²) in [7, 11) is 0. The van der Waals surface area contributed by atoms with Crippen molar-refractivity contribution < 1.29 is 9.90 Å². The molecule has 2 aromatic rings. The summed E-state index contributed by atoms with van der Waals surface area (Å²) in [5.74, 6) is -0.566. The molecule has 1 aromatic heterocycles. The molecule has 18 heavy (non-hydrogen) atoms. The average Bonchev–Trinajstić information content (AvgIpc) is 2.34. The molecule has 5 heteroatoms. The molecule has 0 atom stereocenters. The molecule has 0 radical (unpaired) electrons. The van der Waals surface area contributed by atoms with Gasteiger partial charge < -0.3 is 10.4 Å². The van der Waals surface area contributed by atoms with Crippen LogP contribution in [0.4, 0.5) is 11.5 Å². The van der Waals surface area contributed by atoms with Crippen molar-refractivity contribution in [3.63, 3.8) is 0 Å². The molecule has 1 heterocycles. The molecule has 0 saturated heterocycles. The monoisotopic (exact) mass is 243 g/mol. The molecule has 1 aromatic carbocycles. The molecule has 0 aliphatic rings. The highest BCUT2D eigenvalue weighted by atomic mass is 16.4. The first-order valence-electron chi connectivity index (χ1n) is 5.46. The number of aryl methyl sites for hydroxylation is 2. The van der Waals surface area contributed by atoms with Crippen LogP contribution in [-0.2, 0) is 0 Å². The van der Waals surface area contributed by atoms with Crippen molar-refractivity contribution in [1.29, 1.82) is 0 Å². The Morgan fingerprint density at radius 1 is 1.17 bits per heavy atom. The largest absolute Gasteiger partial charge is 0.476 e. The topological polar surface area (TPSA) is 75.1 Å². The fourth-order valence-corrected chi connectivity index (χ4v) is 1.47. The van der Waals surface area contributed by atoms with Crippen molar-refractivity contribution in [2.24, 2.45) is 0 Å². The Balaban J connectivity index is 2.18. The van der Waals surface area contributed by atoms with Crippen molar-refractivity contribution in [3.05, 3.63) is 47.4 Å². The molecule has 0 bridgehead atoms. The first kappa shape index (κ1) is 12.0. The van der Waals surface area contributed by atoms with Crippen LogP contribution in [0.2, 0.25) is 0 Å². The van der Waals surface area contributed by atoms with Gasteiger partial charge in [0.15, 0.2) is 5.69 Å². The van der Waals surface area contributed by atoms with Gasteiger partial charge in [-0.1, -0.05) is 6.07 Å². The van der Waals surface area contributed by atoms with Crippen molar-refractivity contribution in [3.8, 4) is 0 Å². The van der Waals surface area contributed by atoms with Crippen LogP contribution < -0.4 is 5.32 Å². The van der Waals surface area contributed by atoms with Crippen molar-refractivity contribution in [1.82, 2.24) is 9.97 Å². The van der Waals surface area contributed by atoms with E-state index in [0.717, 1.165) is 5.69 Å². The lowest BCUT2D eigenvalue weighted by Crippen LogP contribution is -2.02. The third-order valence-corrected chi connectivity index (χ3v) is 2.65. The van der Waals surface area contributed by atoms with Gasteiger partial charge in [0.05, 0.1) is 12.4 Å². The Labute approximate surface area is 105 Å². The Morgan fingerprint density at radius 3 is 2.50 bits per heavy atom. The number of carbonyl (C=O) groups is 1. The van der Waals surface area contributed by atoms with Crippen LogP contribution in [0.15, 0.2) is 30.6 Å². The summed E-state index contributed by atoms with van der Waals surface area (Å²) in [6.45, 7) is 4.07. The molecule has 0 aliphatic heterocycles. The van der Waals surface area contributed by atoms with Gasteiger partial charge in [0.25, 0.3) is 0 Å². The SMILES string of the molecule is Cc1ccc(Nc2cnc(C(=O)O)cn2)cc1C. The van der Waals surface area contributed by atoms with E-state index in [4.69, 9.17) is 5.11 Å². The predicted octanol–water partition coefficient (Wildman–Crippen LogP) is 2.54. The molecule has 2 rings (SSSR count). The molecule has 0 fully saturated rings. The normalized spacial score (nSPS) is 10.1. The molecule has 92 valence electrons. The third-order valence-electron chi connectivity index (χ3n) is 2.65. The number of rotatable bonds is 3. The summed E-state index contributed by atoms with van der Waals surface area (Å²) in [4.78, 5) is 18.4. The van der Waals surface area contributed by atoms with Gasteiger partial charge in [0.1, 0.15) is 5.82 Å². The van der Waals surface area contributed by atoms with Crippen LogP contribution in [0, 0.1) is 13.8 Å². The number of hydrogen-bond acceptors (Lipinski definition) is 4. The van der Waals surface area contributed by atoms with Crippen LogP contribution in [0.5, 0.6) is 0 Å². The summed E-state index contributed by atoms with van der Waals surface area (Å²) in [5.41, 5.74) is 3.22. The van der Waals surface area contributed by atoms with Gasteiger partial charge in [-0.15, -0.1) is 0 Å². The summed E-state index contributed by atoms with van der Waals surface area (Å²) in [6.07, 6.45) is 2.63. The van der Waals surface area contributed by atoms with E-state index in [2.05, 4.69) is 15.3 Å². The summed E-state index contributed by atoms with van der Waals surface area (Å²) in [6, 6.07) is 5.95. The minimum atomic E-state index is -1.08. The number of aromatic carboxylic acids is 1. The lowest BCUT2D eigenvalue weighted by Gasteiger charge is -2.07. The fraction of sp³-hybridized carbons (Fsp3) is 0.154. The number of aromatic nitrogens is 2. The number of nitrogens with zero attached hydrogens (tertiary/aromatic N) is 2. The number of carboxylic acids is 1. The van der Waals surface area contributed by atoms with Crippen LogP contribution in [0.25, 0.3) is 0 Å². The lowest BCUT2D eigenvalue weighted by atomic mass is 10.1. The van der Waals surface area contributed by atoms with E-state index < -0.39 is 5.97 Å². The Kier molecular flexibility index (Phi) is 3.23. The minimum absolute atomic E-state index is 0.0689. The van der Waals surface area contributed by atoms with Crippen LogP contribution >= 0.6 is 0 Å². The number of hydrogen-bond donors (Lipinski definition) is 2. The Bertz CT molecular complexity index is 579. The highest BCUT2D eigenvalue weighted by Crippen LogP contribution is 2.17. The number of nitrogens with one attached hydrogen (secondary N) is 1. The van der Waals surface area contributed by atoms with Crippen molar-refractivity contribution >= 4 is 17.5 Å². The van der Waals surface area contributed by atoms with Gasteiger partial charge in [-0.25, -0.2) is 14.8 Å². The zero-order valence-corrected chi connectivity index (χ0v) is 10.1. The molecule has 0 unspecified atom stereocenters. The van der Waals surface area contributed by atoms with Gasteiger partial charge in [0, 0.05) is 5.69 Å². The third kappa shape index (κ3) is 2.63. The molecule has 2 N–H and O–H groups in total.